The summed E-state index contributed by atoms with van der Waals surface area (Å²) in [4.78, 5) is 11.5. The molecule has 2 unspecified atom stereocenters. The van der Waals surface area contributed by atoms with Crippen molar-refractivity contribution in [2.45, 2.75) is 37.6 Å². The topological polar surface area (TPSA) is 79.2 Å². The molecule has 0 amide bonds. The second-order valence-electron chi connectivity index (χ2n) is 6.68. The van der Waals surface area contributed by atoms with Gasteiger partial charge in [0.15, 0.2) is 9.84 Å². The molecule has 2 atom stereocenters. The van der Waals surface area contributed by atoms with E-state index in [1.165, 1.54) is 6.26 Å². The molecule has 6 heteroatoms. The highest BCUT2D eigenvalue weighted by atomic mass is 32.2. The van der Waals surface area contributed by atoms with E-state index in [1.54, 1.807) is 19.1 Å². The number of carbonyl (C=O) groups excluding carboxylic acids is 1. The predicted octanol–water partition coefficient (Wildman–Crippen LogP) is 1.95. The van der Waals surface area contributed by atoms with Crippen LogP contribution in [-0.4, -0.2) is 25.2 Å². The molecule has 0 radical (unpaired) electrons. The van der Waals surface area contributed by atoms with Crippen LogP contribution in [0.1, 0.15) is 37.4 Å². The highest BCUT2D eigenvalue weighted by Crippen LogP contribution is 2.41. The zero-order chi connectivity index (χ0) is 17.8. The summed E-state index contributed by atoms with van der Waals surface area (Å²) < 4.78 is 26.0. The quantitative estimate of drug-likeness (QED) is 0.847. The molecule has 1 aromatic carbocycles. The van der Waals surface area contributed by atoms with Crippen molar-refractivity contribution in [3.05, 3.63) is 36.0 Å². The van der Waals surface area contributed by atoms with Crippen molar-refractivity contribution < 1.29 is 18.3 Å². The number of aromatic nitrogens is 1. The third-order valence-corrected chi connectivity index (χ3v) is 6.03. The second kappa shape index (κ2) is 5.48. The molecule has 128 valence electrons. The van der Waals surface area contributed by atoms with E-state index in [0.29, 0.717) is 13.0 Å². The van der Waals surface area contributed by atoms with Gasteiger partial charge in [-0.3, -0.25) is 0 Å². The number of hydrogen-bond donors (Lipinski definition) is 0. The van der Waals surface area contributed by atoms with Crippen molar-refractivity contribution in [3.63, 3.8) is 0 Å². The number of sulfone groups is 1. The molecule has 24 heavy (non-hydrogen) atoms. The number of aliphatic carboxylic acids is 1. The summed E-state index contributed by atoms with van der Waals surface area (Å²) in [6, 6.07) is 5.29. The Morgan fingerprint density at radius 1 is 1.38 bits per heavy atom. The van der Waals surface area contributed by atoms with Crippen molar-refractivity contribution in [2.75, 3.05) is 6.26 Å². The summed E-state index contributed by atoms with van der Waals surface area (Å²) in [5.41, 5.74) is 3.31. The molecule has 0 fully saturated rings. The first kappa shape index (κ1) is 16.8. The lowest BCUT2D eigenvalue weighted by Gasteiger charge is -2.19. The molecule has 0 saturated heterocycles. The SMILES string of the molecule is C=C(C)c1cc(S(C)(=O)=O)cc2c1cc1n2CCC1C(C)C(=O)[O-]. The van der Waals surface area contributed by atoms with Gasteiger partial charge >= 0.3 is 0 Å². The highest BCUT2D eigenvalue weighted by Gasteiger charge is 2.30. The first-order chi connectivity index (χ1) is 11.1. The minimum Gasteiger partial charge on any atom is -0.550 e. The smallest absolute Gasteiger partial charge is 0.175 e. The Balaban J connectivity index is 2.29. The Morgan fingerprint density at radius 2 is 2.04 bits per heavy atom. The summed E-state index contributed by atoms with van der Waals surface area (Å²) in [7, 11) is -3.35. The largest absolute Gasteiger partial charge is 0.550 e. The number of carboxylic acid groups (broad SMARTS) is 1. The summed E-state index contributed by atoms with van der Waals surface area (Å²) in [5.74, 6) is -1.77. The zero-order valence-electron chi connectivity index (χ0n) is 14.0. The van der Waals surface area contributed by atoms with Crippen LogP contribution in [0.2, 0.25) is 0 Å². The second-order valence-corrected chi connectivity index (χ2v) is 8.70. The molecular weight excluding hydrogens is 326 g/mol. The number of nitrogens with zero attached hydrogens (tertiary/aromatic N) is 1. The predicted molar refractivity (Wildman–Crippen MR) is 91.3 cm³/mol. The maximum Gasteiger partial charge on any atom is 0.175 e. The maximum atomic E-state index is 12.0. The Hall–Kier alpha value is -2.08. The van der Waals surface area contributed by atoms with E-state index in [1.807, 2.05) is 17.6 Å². The zero-order valence-corrected chi connectivity index (χ0v) is 14.8. The van der Waals surface area contributed by atoms with Crippen LogP contribution in [0.25, 0.3) is 16.5 Å². The van der Waals surface area contributed by atoms with Crippen LogP contribution in [0, 0.1) is 5.92 Å². The minimum absolute atomic E-state index is 0.123. The Bertz CT molecular complexity index is 969. The number of aryl methyl sites for hydroxylation is 1. The van der Waals surface area contributed by atoms with Gasteiger partial charge in [-0.2, -0.15) is 0 Å². The maximum absolute atomic E-state index is 12.0. The van der Waals surface area contributed by atoms with Crippen LogP contribution >= 0.6 is 0 Å². The average Bonchev–Trinajstić information content (AvgIpc) is 3.02. The van der Waals surface area contributed by atoms with Crippen LogP contribution in [0.3, 0.4) is 0 Å². The fraction of sp³-hybridized carbons (Fsp3) is 0.389. The van der Waals surface area contributed by atoms with E-state index in [4.69, 9.17) is 0 Å². The number of fused-ring (bicyclic) bond motifs is 3. The summed E-state index contributed by atoms with van der Waals surface area (Å²) in [5, 5.41) is 12.2. The number of allylic oxidation sites excluding steroid dienone is 1. The van der Waals surface area contributed by atoms with Gasteiger partial charge in [0, 0.05) is 41.7 Å². The Kier molecular flexibility index (Phi) is 3.83. The number of carbonyl (C=O) groups is 1. The fourth-order valence-electron chi connectivity index (χ4n) is 3.56. The number of benzene rings is 1. The number of carboxylic acids is 1. The average molecular weight is 346 g/mol. The van der Waals surface area contributed by atoms with Crippen molar-refractivity contribution >= 4 is 32.3 Å². The molecule has 2 aromatic rings. The normalized spacial score (nSPS) is 18.5. The monoisotopic (exact) mass is 346 g/mol. The number of hydrogen-bond acceptors (Lipinski definition) is 4. The third kappa shape index (κ3) is 2.55. The molecule has 0 spiro atoms. The first-order valence-electron chi connectivity index (χ1n) is 7.85. The molecule has 1 aliphatic heterocycles. The molecule has 0 saturated carbocycles. The van der Waals surface area contributed by atoms with Gasteiger partial charge in [-0.25, -0.2) is 8.42 Å². The van der Waals surface area contributed by atoms with Crippen LogP contribution in [0.15, 0.2) is 29.7 Å². The van der Waals surface area contributed by atoms with Gasteiger partial charge < -0.3 is 14.5 Å². The van der Waals surface area contributed by atoms with Gasteiger partial charge in [-0.1, -0.05) is 19.1 Å². The third-order valence-electron chi connectivity index (χ3n) is 4.93. The van der Waals surface area contributed by atoms with Gasteiger partial charge in [0.1, 0.15) is 0 Å². The summed E-state index contributed by atoms with van der Waals surface area (Å²) in [6.07, 6.45) is 1.90. The van der Waals surface area contributed by atoms with Crippen LogP contribution < -0.4 is 5.11 Å². The lowest BCUT2D eigenvalue weighted by atomic mass is 9.90. The standard InChI is InChI=1S/C18H21NO4S/c1-10(2)14-7-12(24(4,22)23)8-16-15(14)9-17-13(5-6-19(16)17)11(3)18(20)21/h7-9,11,13H,1,5-6H2,2-4H3,(H,20,21)/p-1. The molecule has 0 bridgehead atoms. The lowest BCUT2D eigenvalue weighted by molar-refractivity contribution is -0.311. The van der Waals surface area contributed by atoms with Gasteiger partial charge in [0.25, 0.3) is 0 Å². The van der Waals surface area contributed by atoms with E-state index in [2.05, 4.69) is 6.58 Å². The van der Waals surface area contributed by atoms with E-state index >= 15 is 0 Å². The highest BCUT2D eigenvalue weighted by molar-refractivity contribution is 7.90. The van der Waals surface area contributed by atoms with Crippen molar-refractivity contribution in [3.8, 4) is 0 Å². The first-order valence-corrected chi connectivity index (χ1v) is 9.74. The van der Waals surface area contributed by atoms with E-state index in [-0.39, 0.29) is 10.8 Å². The Morgan fingerprint density at radius 3 is 2.58 bits per heavy atom. The molecule has 1 aromatic heterocycles. The molecule has 3 rings (SSSR count). The molecule has 2 heterocycles. The molecule has 0 aliphatic carbocycles. The van der Waals surface area contributed by atoms with Crippen molar-refractivity contribution in [2.24, 2.45) is 5.92 Å². The van der Waals surface area contributed by atoms with Gasteiger partial charge in [0.05, 0.1) is 10.4 Å². The fourth-order valence-corrected chi connectivity index (χ4v) is 4.22. The lowest BCUT2D eigenvalue weighted by Crippen LogP contribution is -2.32. The summed E-state index contributed by atoms with van der Waals surface area (Å²) >= 11 is 0. The van der Waals surface area contributed by atoms with E-state index in [9.17, 15) is 18.3 Å². The van der Waals surface area contributed by atoms with Crippen LogP contribution in [0.4, 0.5) is 0 Å². The van der Waals surface area contributed by atoms with Gasteiger partial charge in [0.2, 0.25) is 0 Å². The molecule has 5 nitrogen and oxygen atoms in total. The van der Waals surface area contributed by atoms with Crippen molar-refractivity contribution in [1.29, 1.82) is 0 Å². The number of rotatable bonds is 4. The van der Waals surface area contributed by atoms with E-state index in [0.717, 1.165) is 27.7 Å². The van der Waals surface area contributed by atoms with Crippen LogP contribution in [0.5, 0.6) is 0 Å². The van der Waals surface area contributed by atoms with Crippen molar-refractivity contribution in [1.82, 2.24) is 4.57 Å². The Labute approximate surface area is 141 Å². The summed E-state index contributed by atoms with van der Waals surface area (Å²) in [6.45, 7) is 8.13. The van der Waals surface area contributed by atoms with Crippen LogP contribution in [-0.2, 0) is 21.2 Å². The molecule has 1 aliphatic rings. The van der Waals surface area contributed by atoms with Gasteiger partial charge in [-0.05, 0) is 37.1 Å². The van der Waals surface area contributed by atoms with Gasteiger partial charge in [-0.15, -0.1) is 0 Å². The molecular formula is C18H20NO4S-. The van der Waals surface area contributed by atoms with E-state index < -0.39 is 21.7 Å². The molecule has 0 N–H and O–H groups in total. The minimum atomic E-state index is -3.35.